The number of hydrogen-bond acceptors (Lipinski definition) is 5. The lowest BCUT2D eigenvalue weighted by molar-refractivity contribution is -0.122. The van der Waals surface area contributed by atoms with Gasteiger partial charge in [-0.05, 0) is 42.5 Å². The molecule has 1 aromatic heterocycles. The fourth-order valence-corrected chi connectivity index (χ4v) is 4.15. The number of nitrogens with zero attached hydrogens (tertiary/aromatic N) is 1. The van der Waals surface area contributed by atoms with Crippen LogP contribution in [0, 0.1) is 5.82 Å². The maximum atomic E-state index is 13.4. The Morgan fingerprint density at radius 3 is 2.66 bits per heavy atom. The molecule has 200 valence electrons. The van der Waals surface area contributed by atoms with Crippen molar-refractivity contribution in [2.24, 2.45) is 0 Å². The summed E-state index contributed by atoms with van der Waals surface area (Å²) >= 11 is 0. The monoisotopic (exact) mass is 529 g/mol. The first-order valence-corrected chi connectivity index (χ1v) is 11.9. The number of fused-ring (bicyclic) bond motifs is 1. The molecule has 2 N–H and O–H groups in total. The van der Waals surface area contributed by atoms with Gasteiger partial charge in [0.25, 0.3) is 5.91 Å². The highest BCUT2D eigenvalue weighted by molar-refractivity contribution is 5.94. The van der Waals surface area contributed by atoms with Crippen LogP contribution in [-0.2, 0) is 6.42 Å². The van der Waals surface area contributed by atoms with E-state index in [4.69, 9.17) is 14.5 Å². The second-order valence-electron chi connectivity index (χ2n) is 8.99. The van der Waals surface area contributed by atoms with Gasteiger partial charge < -0.3 is 20.1 Å². The maximum absolute atomic E-state index is 13.4. The Balaban J connectivity index is 1.51. The van der Waals surface area contributed by atoms with Crippen molar-refractivity contribution in [3.63, 3.8) is 0 Å². The summed E-state index contributed by atoms with van der Waals surface area (Å²) in [5.41, 5.74) is 3.30. The predicted molar refractivity (Wildman–Crippen MR) is 136 cm³/mol. The molecule has 0 fully saturated rings. The molecule has 1 unspecified atom stereocenters. The minimum atomic E-state index is -4.39. The summed E-state index contributed by atoms with van der Waals surface area (Å²) in [6.45, 7) is 5.43. The Hall–Kier alpha value is -4.08. The van der Waals surface area contributed by atoms with Crippen LogP contribution in [0.5, 0.6) is 11.5 Å². The Morgan fingerprint density at radius 1 is 1.24 bits per heavy atom. The van der Waals surface area contributed by atoms with Crippen LogP contribution in [0.25, 0.3) is 24.0 Å². The number of halogens is 4. The fourth-order valence-electron chi connectivity index (χ4n) is 4.15. The van der Waals surface area contributed by atoms with Crippen LogP contribution in [0.15, 0.2) is 42.5 Å². The number of ether oxygens (including phenoxy) is 2. The van der Waals surface area contributed by atoms with Gasteiger partial charge in [0.2, 0.25) is 0 Å². The van der Waals surface area contributed by atoms with E-state index in [2.05, 4.69) is 17.2 Å². The molecule has 2 heterocycles. The number of carbonyl (C=O) groups excluding carboxylic acids is 1. The quantitative estimate of drug-likeness (QED) is 0.436. The number of rotatable bonds is 8. The van der Waals surface area contributed by atoms with E-state index in [1.807, 2.05) is 13.0 Å². The van der Waals surface area contributed by atoms with Crippen LogP contribution < -0.4 is 30.5 Å². The highest BCUT2D eigenvalue weighted by atomic mass is 19.4. The highest BCUT2D eigenvalue weighted by Crippen LogP contribution is 2.41. The standard InChI is InChI=1S/C28H27F4N3O3/c1-16-14-38-26-23(16)12-22(35-25(26)18-4-6-21(29)7-5-18)8-9-34-27(36)19-10-20(13-33-15-28(30,31)32)17(2)24(11-19)37-3/h4-7,10-13,16,33H,2,8-9,14-15H2,1,3H3,(H,34,36)/b20-13-. The van der Waals surface area contributed by atoms with Crippen molar-refractivity contribution in [1.29, 1.82) is 0 Å². The number of benzene rings is 2. The molecule has 4 rings (SSSR count). The van der Waals surface area contributed by atoms with Gasteiger partial charge in [-0.3, -0.25) is 4.79 Å². The molecule has 6 nitrogen and oxygen atoms in total. The molecule has 1 aliphatic heterocycles. The lowest BCUT2D eigenvalue weighted by Crippen LogP contribution is -2.34. The fraction of sp³-hybridized carbons (Fsp3) is 0.286. The molecular weight excluding hydrogens is 502 g/mol. The molecule has 0 saturated heterocycles. The minimum absolute atomic E-state index is 0.162. The number of carbonyl (C=O) groups is 1. The second-order valence-corrected chi connectivity index (χ2v) is 8.99. The topological polar surface area (TPSA) is 72.5 Å². The summed E-state index contributed by atoms with van der Waals surface area (Å²) in [5.74, 6) is 0.343. The van der Waals surface area contributed by atoms with E-state index in [9.17, 15) is 22.4 Å². The molecular formula is C28H27F4N3O3. The van der Waals surface area contributed by atoms with E-state index in [1.165, 1.54) is 31.4 Å². The van der Waals surface area contributed by atoms with E-state index in [0.717, 1.165) is 23.0 Å². The van der Waals surface area contributed by atoms with Gasteiger partial charge in [0.15, 0.2) is 0 Å². The summed E-state index contributed by atoms with van der Waals surface area (Å²) in [6.07, 6.45) is -2.82. The Kier molecular flexibility index (Phi) is 7.89. The zero-order valence-electron chi connectivity index (χ0n) is 20.9. The number of pyridine rings is 1. The van der Waals surface area contributed by atoms with Gasteiger partial charge in [0, 0.05) is 57.9 Å². The second kappa shape index (κ2) is 11.1. The largest absolute Gasteiger partial charge is 0.496 e. The van der Waals surface area contributed by atoms with Crippen molar-refractivity contribution in [2.75, 3.05) is 26.8 Å². The summed E-state index contributed by atoms with van der Waals surface area (Å²) in [4.78, 5) is 17.6. The Morgan fingerprint density at radius 2 is 1.97 bits per heavy atom. The normalized spacial score (nSPS) is 15.1. The summed E-state index contributed by atoms with van der Waals surface area (Å²) < 4.78 is 62.1. The van der Waals surface area contributed by atoms with E-state index in [-0.39, 0.29) is 29.6 Å². The minimum Gasteiger partial charge on any atom is -0.496 e. The molecule has 1 aliphatic rings. The maximum Gasteiger partial charge on any atom is 0.405 e. The van der Waals surface area contributed by atoms with E-state index in [1.54, 1.807) is 12.1 Å². The van der Waals surface area contributed by atoms with Gasteiger partial charge in [0.05, 0.1) is 13.7 Å². The van der Waals surface area contributed by atoms with Crippen LogP contribution in [0.1, 0.15) is 34.5 Å². The molecule has 0 aliphatic carbocycles. The molecule has 38 heavy (non-hydrogen) atoms. The van der Waals surface area contributed by atoms with Gasteiger partial charge >= 0.3 is 6.18 Å². The molecule has 0 saturated carbocycles. The molecule has 3 aromatic rings. The molecule has 2 aromatic carbocycles. The van der Waals surface area contributed by atoms with E-state index in [0.29, 0.717) is 34.9 Å². The average Bonchev–Trinajstić information content (AvgIpc) is 3.25. The van der Waals surface area contributed by atoms with E-state index < -0.39 is 18.6 Å². The van der Waals surface area contributed by atoms with Crippen molar-refractivity contribution in [2.45, 2.75) is 25.4 Å². The van der Waals surface area contributed by atoms with Gasteiger partial charge in [-0.1, -0.05) is 13.5 Å². The average molecular weight is 530 g/mol. The number of methoxy groups -OCH3 is 1. The number of alkyl halides is 3. The SMILES string of the molecule is C=c1c(OC)cc(C(=O)NCCc2cc3c(c(-c4ccc(F)cc4)n2)OCC3C)c/c1=C/NCC(F)(F)F. The smallest absolute Gasteiger partial charge is 0.405 e. The first kappa shape index (κ1) is 27.0. The van der Waals surface area contributed by atoms with Crippen LogP contribution >= 0.6 is 0 Å². The highest BCUT2D eigenvalue weighted by Gasteiger charge is 2.27. The lowest BCUT2D eigenvalue weighted by Gasteiger charge is -2.12. The number of amides is 1. The van der Waals surface area contributed by atoms with Crippen LogP contribution in [0.2, 0.25) is 0 Å². The van der Waals surface area contributed by atoms with Crippen LogP contribution in [-0.4, -0.2) is 43.9 Å². The predicted octanol–water partition coefficient (Wildman–Crippen LogP) is 3.66. The van der Waals surface area contributed by atoms with Crippen molar-refractivity contribution in [3.8, 4) is 22.8 Å². The molecule has 0 spiro atoms. The third-order valence-corrected chi connectivity index (χ3v) is 6.13. The van der Waals surface area contributed by atoms with Gasteiger partial charge in [0.1, 0.15) is 29.6 Å². The van der Waals surface area contributed by atoms with Crippen molar-refractivity contribution < 1.29 is 31.8 Å². The van der Waals surface area contributed by atoms with Gasteiger partial charge in [-0.15, -0.1) is 0 Å². The molecule has 0 radical (unpaired) electrons. The van der Waals surface area contributed by atoms with Crippen molar-refractivity contribution in [3.05, 3.63) is 75.5 Å². The Labute approximate surface area is 217 Å². The molecule has 10 heteroatoms. The molecule has 0 bridgehead atoms. The van der Waals surface area contributed by atoms with Crippen LogP contribution in [0.4, 0.5) is 17.6 Å². The number of nitrogens with one attached hydrogen (secondary N) is 2. The van der Waals surface area contributed by atoms with E-state index >= 15 is 0 Å². The number of aromatic nitrogens is 1. The zero-order chi connectivity index (χ0) is 27.4. The summed E-state index contributed by atoms with van der Waals surface area (Å²) in [5, 5.41) is 5.67. The van der Waals surface area contributed by atoms with Crippen molar-refractivity contribution in [1.82, 2.24) is 15.6 Å². The Bertz CT molecular complexity index is 1440. The van der Waals surface area contributed by atoms with Gasteiger partial charge in [-0.2, -0.15) is 13.2 Å². The zero-order valence-corrected chi connectivity index (χ0v) is 20.9. The van der Waals surface area contributed by atoms with Crippen LogP contribution in [0.3, 0.4) is 0 Å². The summed E-state index contributed by atoms with van der Waals surface area (Å²) in [7, 11) is 1.39. The molecule has 1 atom stereocenters. The first-order chi connectivity index (χ1) is 18.1. The molecule has 1 amide bonds. The lowest BCUT2D eigenvalue weighted by atomic mass is 9.99. The third-order valence-electron chi connectivity index (χ3n) is 6.13. The van der Waals surface area contributed by atoms with Gasteiger partial charge in [-0.25, -0.2) is 9.37 Å². The third kappa shape index (κ3) is 6.24. The first-order valence-electron chi connectivity index (χ1n) is 11.9. The number of hydrogen-bond donors (Lipinski definition) is 2. The van der Waals surface area contributed by atoms with Crippen molar-refractivity contribution >= 4 is 18.7 Å². The summed E-state index contributed by atoms with van der Waals surface area (Å²) in [6, 6.07) is 10.9.